The number of aromatic nitrogens is 6. The predicted octanol–water partition coefficient (Wildman–Crippen LogP) is 19.3. The van der Waals surface area contributed by atoms with Gasteiger partial charge in [-0.3, -0.25) is 24.0 Å². The summed E-state index contributed by atoms with van der Waals surface area (Å²) in [5, 5.41) is 37.2. The number of aliphatic hydroxyl groups is 3. The summed E-state index contributed by atoms with van der Waals surface area (Å²) in [4.78, 5) is 90.0. The van der Waals surface area contributed by atoms with Crippen LogP contribution in [0.3, 0.4) is 0 Å². The molecular formula is C94H91F15N12O8. The lowest BCUT2D eigenvalue weighted by Crippen LogP contribution is -2.34. The lowest BCUT2D eigenvalue weighted by Gasteiger charge is -2.26. The third kappa shape index (κ3) is 25.9. The monoisotopic (exact) mass is 1800 g/mol. The Kier molecular flexibility index (Phi) is 32.0. The maximum atomic E-state index is 13.1. The van der Waals surface area contributed by atoms with E-state index in [2.05, 4.69) is 29.9 Å². The average molecular weight is 1800 g/mol. The summed E-state index contributed by atoms with van der Waals surface area (Å²) >= 11 is 0. The molecule has 0 unspecified atom stereocenters. The Balaban J connectivity index is 0.000000156. The number of aryl methyl sites for hydroxylation is 2. The molecule has 5 aliphatic heterocycles. The molecule has 0 radical (unpaired) electrons. The first-order chi connectivity index (χ1) is 61.2. The van der Waals surface area contributed by atoms with Gasteiger partial charge in [0.05, 0.1) is 53.9 Å². The van der Waals surface area contributed by atoms with E-state index in [-0.39, 0.29) is 69.1 Å². The molecule has 5 aromatic heterocycles. The minimum atomic E-state index is -4.62. The maximum absolute atomic E-state index is 13.1. The summed E-state index contributed by atoms with van der Waals surface area (Å²) < 4.78 is 195. The molecule has 0 aliphatic carbocycles. The molecule has 0 bridgehead atoms. The van der Waals surface area contributed by atoms with Crippen LogP contribution in [-0.2, 0) is 107 Å². The number of likely N-dealkylation sites (tertiary alicyclic amines) is 5. The van der Waals surface area contributed by atoms with Crippen LogP contribution in [0.1, 0.15) is 179 Å². The third-order valence-electron chi connectivity index (χ3n) is 22.2. The van der Waals surface area contributed by atoms with E-state index in [9.17, 15) is 100 Å². The number of amides is 5. The van der Waals surface area contributed by atoms with Gasteiger partial charge >= 0.3 is 30.9 Å². The molecule has 5 amide bonds. The predicted molar refractivity (Wildman–Crippen MR) is 445 cm³/mol. The van der Waals surface area contributed by atoms with Gasteiger partial charge in [0.15, 0.2) is 5.69 Å². The van der Waals surface area contributed by atoms with Crippen molar-refractivity contribution in [1.29, 1.82) is 5.26 Å². The highest BCUT2D eigenvalue weighted by Crippen LogP contribution is 2.39. The van der Waals surface area contributed by atoms with Gasteiger partial charge in [-0.15, -0.1) is 0 Å². The third-order valence-corrected chi connectivity index (χ3v) is 22.2. The van der Waals surface area contributed by atoms with Crippen molar-refractivity contribution in [3.05, 3.63) is 259 Å². The van der Waals surface area contributed by atoms with Crippen LogP contribution in [-0.4, -0.2) is 132 Å². The highest BCUT2D eigenvalue weighted by atomic mass is 19.4. The first-order valence-electron chi connectivity index (χ1n) is 41.5. The first kappa shape index (κ1) is 97.1. The first-order valence-corrected chi connectivity index (χ1v) is 41.5. The van der Waals surface area contributed by atoms with E-state index in [1.54, 1.807) is 148 Å². The number of aliphatic hydroxyl groups excluding tert-OH is 3. The smallest absolute Gasteiger partial charge is 0.392 e. The molecule has 35 heteroatoms. The Morgan fingerprint density at radius 2 is 0.674 bits per heavy atom. The maximum Gasteiger partial charge on any atom is 0.451 e. The second kappa shape index (κ2) is 42.6. The molecule has 0 spiro atoms. The van der Waals surface area contributed by atoms with E-state index >= 15 is 0 Å². The van der Waals surface area contributed by atoms with Gasteiger partial charge < -0.3 is 39.8 Å². The molecule has 129 heavy (non-hydrogen) atoms. The Bertz CT molecular complexity index is 5650. The number of nitriles is 1. The number of nitrogens with zero attached hydrogens (tertiary/aromatic N) is 12. The van der Waals surface area contributed by atoms with Crippen molar-refractivity contribution >= 4 is 29.5 Å². The Labute approximate surface area is 733 Å². The highest BCUT2D eigenvalue weighted by molar-refractivity contribution is 5.80. The van der Waals surface area contributed by atoms with Crippen molar-refractivity contribution < 1.29 is 105 Å². The Morgan fingerprint density at radius 3 is 1.03 bits per heavy atom. The summed E-state index contributed by atoms with van der Waals surface area (Å²) in [7, 11) is 0. The number of benzene rings is 5. The fourth-order valence-electron chi connectivity index (χ4n) is 15.1. The molecule has 10 heterocycles. The van der Waals surface area contributed by atoms with Crippen molar-refractivity contribution in [3.8, 4) is 62.4 Å². The molecule has 0 saturated carbocycles. The number of halogens is 15. The molecule has 15 rings (SSSR count). The molecule has 5 aliphatic rings. The molecule has 680 valence electrons. The van der Waals surface area contributed by atoms with Crippen LogP contribution in [0, 0.1) is 32.1 Å². The van der Waals surface area contributed by atoms with Crippen molar-refractivity contribution in [3.63, 3.8) is 0 Å². The zero-order valence-electron chi connectivity index (χ0n) is 70.4. The fraction of sp³-hybridized carbons (Fsp3) is 0.362. The Morgan fingerprint density at radius 1 is 0.333 bits per heavy atom. The number of rotatable bonds is 18. The van der Waals surface area contributed by atoms with E-state index < -0.39 is 79.3 Å². The van der Waals surface area contributed by atoms with Crippen LogP contribution in [0.25, 0.3) is 56.3 Å². The lowest BCUT2D eigenvalue weighted by molar-refractivity contribution is -0.145. The molecule has 3 N–H and O–H groups in total. The normalized spacial score (nSPS) is 15.2. The SMILES string of the molecule is Cc1cc(C(F)(F)F)nc(-c2ccc(CN3CCCCC3=O)cc2)c1CO.Cc1nc(C(F)(F)F)nc(-c2ccc(CN3CCCC3=O)cc2)c1C.N#Cc1ccc(C(F)(F)F)nc1-c1ccc(CN2CCCC2=O)cc1.O=C1CCCCN1Cc1ccc(-c2ccc(CO)c(C(F)(F)F)n2)cc1.O=C1CCCCN1Cc1ccc(-c2nc(C(F)(F)F)ccc2CO)cc1. The topological polar surface area (TPSA) is 263 Å². The zero-order chi connectivity index (χ0) is 93.3. The van der Waals surface area contributed by atoms with E-state index in [1.807, 2.05) is 18.2 Å². The lowest BCUT2D eigenvalue weighted by atomic mass is 9.99. The van der Waals surface area contributed by atoms with Crippen LogP contribution in [0.5, 0.6) is 0 Å². The van der Waals surface area contributed by atoms with Gasteiger partial charge in [0, 0.05) is 148 Å². The van der Waals surface area contributed by atoms with Crippen LogP contribution in [0.4, 0.5) is 65.9 Å². The van der Waals surface area contributed by atoms with E-state index in [0.29, 0.717) is 127 Å². The van der Waals surface area contributed by atoms with Gasteiger partial charge in [0.1, 0.15) is 23.2 Å². The largest absolute Gasteiger partial charge is 0.451 e. The number of carbonyl (C=O) groups excluding carboxylic acids is 5. The second-order valence-corrected chi connectivity index (χ2v) is 31.5. The number of piperidine rings is 3. The standard InChI is InChI=1S/C20H21F3N2O2.2C19H19F3N2O2.C18H18F3N3O.C18H14F3N3O/c1-13-10-17(20(21,22)23)24-19(16(13)12-26)15-7-5-14(6-8-15)11-25-9-3-2-4-18(25)27;20-19(21,22)16-9-8-15(12-25)18(23-16)14-6-4-13(5-7-14)11-24-10-2-1-3-17(24)26;20-19(21,22)18-15(12-25)8-9-16(23-18)14-6-4-13(5-7-14)11-24-10-2-1-3-17(24)26;1-11-12(2)22-17(18(19,20)21)23-16(11)14-7-5-13(6-8-14)10-24-9-3-4-15(24)25;19-18(20,21)15-8-7-14(10-22)17(23-15)13-5-3-12(4-6-13)11-24-9-1-2-16(24)25/h5-8,10,26H,2-4,9,11-12H2,1H3;2*4-9,25H,1-3,10-12H2;5-8H,3-4,9-10H2,1-2H3;3-8H,1-2,9,11H2. The van der Waals surface area contributed by atoms with Gasteiger partial charge in [0.25, 0.3) is 0 Å². The summed E-state index contributed by atoms with van der Waals surface area (Å²) in [5.74, 6) is -0.490. The number of pyridine rings is 4. The van der Waals surface area contributed by atoms with Gasteiger partial charge in [-0.25, -0.2) is 29.9 Å². The minimum Gasteiger partial charge on any atom is -0.392 e. The Hall–Kier alpha value is -12.6. The minimum absolute atomic E-state index is 0.00104. The van der Waals surface area contributed by atoms with Crippen molar-refractivity contribution in [1.82, 2.24) is 54.4 Å². The number of hydrogen-bond donors (Lipinski definition) is 3. The molecule has 20 nitrogen and oxygen atoms in total. The summed E-state index contributed by atoms with van der Waals surface area (Å²) in [5.41, 5.74) is 5.59. The molecule has 0 atom stereocenters. The highest BCUT2D eigenvalue weighted by Gasteiger charge is 2.40. The van der Waals surface area contributed by atoms with E-state index in [1.165, 1.54) is 25.1 Å². The average Bonchev–Trinajstić information content (AvgIpc) is 1.56. The second-order valence-electron chi connectivity index (χ2n) is 31.5. The molecule has 5 aromatic carbocycles. The number of carbonyl (C=O) groups is 5. The van der Waals surface area contributed by atoms with Crippen LogP contribution in [0.2, 0.25) is 0 Å². The van der Waals surface area contributed by atoms with E-state index in [0.717, 1.165) is 130 Å². The number of alkyl halides is 15. The van der Waals surface area contributed by atoms with Gasteiger partial charge in [-0.05, 0) is 141 Å². The fourth-order valence-corrected chi connectivity index (χ4v) is 15.1. The van der Waals surface area contributed by atoms with Crippen molar-refractivity contribution in [2.24, 2.45) is 0 Å². The molecular weight excluding hydrogens is 1710 g/mol. The van der Waals surface area contributed by atoms with Crippen LogP contribution in [0.15, 0.2) is 164 Å². The van der Waals surface area contributed by atoms with Crippen molar-refractivity contribution in [2.45, 2.75) is 188 Å². The molecule has 10 aromatic rings. The van der Waals surface area contributed by atoms with Gasteiger partial charge in [-0.1, -0.05) is 133 Å². The summed E-state index contributed by atoms with van der Waals surface area (Å²) in [6.45, 7) is 9.41. The molecule has 5 fully saturated rings. The quantitative estimate of drug-likeness (QED) is 0.0674. The summed E-state index contributed by atoms with van der Waals surface area (Å²) in [6, 6.07) is 44.3. The van der Waals surface area contributed by atoms with E-state index in [4.69, 9.17) is 10.4 Å². The summed E-state index contributed by atoms with van der Waals surface area (Å²) in [6.07, 6.45) is -12.6. The van der Waals surface area contributed by atoms with Crippen LogP contribution >= 0.6 is 0 Å². The van der Waals surface area contributed by atoms with Crippen LogP contribution < -0.4 is 0 Å². The number of hydrogen-bond acceptors (Lipinski definition) is 15. The zero-order valence-corrected chi connectivity index (χ0v) is 70.4. The van der Waals surface area contributed by atoms with Gasteiger partial charge in [0.2, 0.25) is 35.4 Å². The van der Waals surface area contributed by atoms with Crippen molar-refractivity contribution in [2.75, 3.05) is 32.7 Å². The van der Waals surface area contributed by atoms with Gasteiger partial charge in [-0.2, -0.15) is 71.1 Å². The molecule has 5 saturated heterocycles.